The van der Waals surface area contributed by atoms with E-state index in [0.29, 0.717) is 27.2 Å². The number of methoxy groups -OCH3 is 2. The van der Waals surface area contributed by atoms with Gasteiger partial charge in [0, 0.05) is 21.5 Å². The second kappa shape index (κ2) is 13.6. The molecule has 8 rings (SSSR count). The topological polar surface area (TPSA) is 113 Å². The summed E-state index contributed by atoms with van der Waals surface area (Å²) < 4.78 is 25.3. The highest BCUT2D eigenvalue weighted by Gasteiger charge is 2.77. The van der Waals surface area contributed by atoms with Crippen LogP contribution >= 0.6 is 39.1 Å². The van der Waals surface area contributed by atoms with Crippen LogP contribution in [0.2, 0.25) is 0 Å². The predicted molar refractivity (Wildman–Crippen MR) is 210 cm³/mol. The number of ether oxygens (including phenoxy) is 2. The minimum atomic E-state index is -2.17. The number of phenolic OH excluding ortho intramolecular Hbond substituents is 1. The summed E-state index contributed by atoms with van der Waals surface area (Å²) in [4.78, 5) is 55.4. The third-order valence-corrected chi connectivity index (χ3v) is 13.1. The number of carbonyl (C=O) groups is 4. The van der Waals surface area contributed by atoms with Crippen molar-refractivity contribution in [1.82, 2.24) is 0 Å². The number of carbonyl (C=O) groups excluding carboxylic acids is 4. The molecule has 3 fully saturated rings. The van der Waals surface area contributed by atoms with Crippen molar-refractivity contribution < 1.29 is 38.1 Å². The smallest absolute Gasteiger partial charge is 0.258 e. The van der Waals surface area contributed by atoms with Crippen LogP contribution in [0.25, 0.3) is 12.2 Å². The van der Waals surface area contributed by atoms with Crippen LogP contribution in [0.1, 0.15) is 35.4 Å². The van der Waals surface area contributed by atoms with Gasteiger partial charge in [-0.3, -0.25) is 24.1 Å². The molecule has 2 heterocycles. The van der Waals surface area contributed by atoms with Crippen LogP contribution in [0.3, 0.4) is 0 Å². The molecule has 1 N–H and O–H groups in total. The Kier molecular flexibility index (Phi) is 9.18. The van der Waals surface area contributed by atoms with Gasteiger partial charge in [0.05, 0.1) is 37.4 Å². The number of imide groups is 2. The maximum atomic E-state index is 14.5. The lowest BCUT2D eigenvalue weighted by Crippen LogP contribution is -2.60. The standard InChI is InChI=1S/C42H32BrCl2FN2O7/c1-54-28-14-18-34(55-2)23(19-28)6-3-22-4-10-26(11-5-22)47-37(50)30-16-15-29-32(35(30)38(47)51)21-41(44)39(52)48(27-12-8-25(46)9-13-27)40(53)42(41,45)36(29)31-20-24(43)7-17-33(31)49/h3-15,17-20,30,32,35-36,49H,16,21H2,1-2H3/t30-,32+,35-,36+,41+,42-/m0/s1. The second-order valence-electron chi connectivity index (χ2n) is 14.0. The molecule has 2 aliphatic heterocycles. The summed E-state index contributed by atoms with van der Waals surface area (Å²) in [5.74, 6) is -5.71. The summed E-state index contributed by atoms with van der Waals surface area (Å²) in [7, 11) is 3.17. The molecule has 4 aliphatic rings. The van der Waals surface area contributed by atoms with Crippen LogP contribution in [0.4, 0.5) is 15.8 Å². The zero-order chi connectivity index (χ0) is 39.0. The first-order chi connectivity index (χ1) is 26.3. The summed E-state index contributed by atoms with van der Waals surface area (Å²) in [5.41, 5.74) is 2.79. The predicted octanol–water partition coefficient (Wildman–Crippen LogP) is 8.25. The third-order valence-electron chi connectivity index (χ3n) is 11.2. The highest BCUT2D eigenvalue weighted by Crippen LogP contribution is 2.66. The Morgan fingerprint density at radius 1 is 0.818 bits per heavy atom. The largest absolute Gasteiger partial charge is 0.508 e. The first-order valence-electron chi connectivity index (χ1n) is 17.4. The van der Waals surface area contributed by atoms with Gasteiger partial charge < -0.3 is 14.6 Å². The van der Waals surface area contributed by atoms with Gasteiger partial charge in [-0.15, -0.1) is 23.2 Å². The monoisotopic (exact) mass is 844 g/mol. The number of allylic oxidation sites excluding steroid dienone is 2. The molecule has 9 nitrogen and oxygen atoms in total. The van der Waals surface area contributed by atoms with Crippen molar-refractivity contribution in [2.75, 3.05) is 24.0 Å². The third kappa shape index (κ3) is 5.61. The molecule has 1 saturated carbocycles. The first kappa shape index (κ1) is 37.0. The highest BCUT2D eigenvalue weighted by molar-refractivity contribution is 9.10. The van der Waals surface area contributed by atoms with Crippen molar-refractivity contribution in [3.8, 4) is 17.2 Å². The van der Waals surface area contributed by atoms with Crippen LogP contribution in [0, 0.1) is 23.6 Å². The van der Waals surface area contributed by atoms with E-state index < -0.39 is 62.9 Å². The number of alkyl halides is 2. The van der Waals surface area contributed by atoms with E-state index >= 15 is 0 Å². The zero-order valence-electron chi connectivity index (χ0n) is 29.3. The highest BCUT2D eigenvalue weighted by atomic mass is 79.9. The molecule has 4 aromatic rings. The van der Waals surface area contributed by atoms with Gasteiger partial charge >= 0.3 is 0 Å². The fourth-order valence-corrected chi connectivity index (χ4v) is 9.95. The number of halogens is 4. The summed E-state index contributed by atoms with van der Waals surface area (Å²) in [5, 5.41) is 11.3. The fraction of sp³-hybridized carbons (Fsp3) is 0.238. The Hall–Kier alpha value is -4.97. The molecule has 2 aliphatic carbocycles. The van der Waals surface area contributed by atoms with E-state index in [4.69, 9.17) is 32.7 Å². The van der Waals surface area contributed by atoms with Gasteiger partial charge in [0.15, 0.2) is 9.75 Å². The lowest BCUT2D eigenvalue weighted by atomic mass is 9.56. The number of aromatic hydroxyl groups is 1. The summed E-state index contributed by atoms with van der Waals surface area (Å²) in [6.07, 6.45) is 5.45. The molecular weight excluding hydrogens is 814 g/mol. The van der Waals surface area contributed by atoms with Crippen molar-refractivity contribution in [2.45, 2.75) is 28.5 Å². The van der Waals surface area contributed by atoms with Crippen molar-refractivity contribution in [1.29, 1.82) is 0 Å². The molecule has 13 heteroatoms. The van der Waals surface area contributed by atoms with Crippen LogP contribution in [-0.2, 0) is 19.2 Å². The Bertz CT molecular complexity index is 2350. The van der Waals surface area contributed by atoms with Gasteiger partial charge in [-0.25, -0.2) is 9.29 Å². The maximum Gasteiger partial charge on any atom is 0.258 e. The molecule has 0 aromatic heterocycles. The lowest BCUT2D eigenvalue weighted by molar-refractivity contribution is -0.125. The summed E-state index contributed by atoms with van der Waals surface area (Å²) in [6, 6.07) is 21.9. The quantitative estimate of drug-likeness (QED) is 0.0863. The molecule has 0 unspecified atom stereocenters. The molecule has 4 aromatic carbocycles. The molecule has 0 bridgehead atoms. The van der Waals surface area contributed by atoms with Gasteiger partial charge in [0.1, 0.15) is 23.1 Å². The Morgan fingerprint density at radius 2 is 1.51 bits per heavy atom. The molecule has 55 heavy (non-hydrogen) atoms. The number of fused-ring (bicyclic) bond motifs is 4. The molecule has 6 atom stereocenters. The van der Waals surface area contributed by atoms with Gasteiger partial charge in [-0.2, -0.15) is 0 Å². The minimum Gasteiger partial charge on any atom is -0.508 e. The maximum absolute atomic E-state index is 14.5. The molecule has 280 valence electrons. The molecule has 4 amide bonds. The number of nitrogens with zero attached hydrogens (tertiary/aromatic N) is 2. The van der Waals surface area contributed by atoms with Crippen molar-refractivity contribution >= 4 is 86.3 Å². The zero-order valence-corrected chi connectivity index (χ0v) is 32.4. The van der Waals surface area contributed by atoms with Crippen molar-refractivity contribution in [2.24, 2.45) is 17.8 Å². The number of rotatable bonds is 7. The minimum absolute atomic E-state index is 0.0668. The number of amides is 4. The van der Waals surface area contributed by atoms with Crippen LogP contribution in [-0.4, -0.2) is 52.7 Å². The van der Waals surface area contributed by atoms with Crippen LogP contribution in [0.5, 0.6) is 17.2 Å². The van der Waals surface area contributed by atoms with E-state index in [1.165, 1.54) is 23.1 Å². The van der Waals surface area contributed by atoms with E-state index in [-0.39, 0.29) is 29.8 Å². The van der Waals surface area contributed by atoms with Crippen molar-refractivity contribution in [3.05, 3.63) is 124 Å². The van der Waals surface area contributed by atoms with Gasteiger partial charge in [-0.1, -0.05) is 51.9 Å². The van der Waals surface area contributed by atoms with Gasteiger partial charge in [-0.05, 0) is 97.1 Å². The average Bonchev–Trinajstić information content (AvgIpc) is 3.52. The number of phenols is 1. The number of hydrogen-bond donors (Lipinski definition) is 1. The molecular formula is C42H32BrCl2FN2O7. The van der Waals surface area contributed by atoms with Crippen LogP contribution in [0.15, 0.2) is 101 Å². The number of benzene rings is 4. The van der Waals surface area contributed by atoms with E-state index in [0.717, 1.165) is 28.2 Å². The molecule has 0 radical (unpaired) electrons. The van der Waals surface area contributed by atoms with Crippen molar-refractivity contribution in [3.63, 3.8) is 0 Å². The summed E-state index contributed by atoms with van der Waals surface area (Å²) >= 11 is 18.3. The number of anilines is 2. The first-order valence-corrected chi connectivity index (χ1v) is 19.0. The van der Waals surface area contributed by atoms with Crippen LogP contribution < -0.4 is 19.3 Å². The number of hydrogen-bond acceptors (Lipinski definition) is 7. The SMILES string of the molecule is COc1ccc(OC)c(C=Cc2ccc(N3C(=O)[C@H]4[C@H](CC=C5[C@H]4C[C@@]4(Cl)C(=O)N(c6ccc(F)cc6)C(=O)[C@@]4(Cl)[C@H]5c4cc(Br)ccc4O)C3=O)cc2)c1. The normalized spacial score (nSPS) is 27.3. The average molecular weight is 847 g/mol. The van der Waals surface area contributed by atoms with Gasteiger partial charge in [0.25, 0.3) is 11.8 Å². The van der Waals surface area contributed by atoms with E-state index in [9.17, 15) is 28.7 Å². The van der Waals surface area contributed by atoms with Gasteiger partial charge in [0.2, 0.25) is 11.8 Å². The second-order valence-corrected chi connectivity index (χ2v) is 16.2. The Labute approximate surface area is 334 Å². The fourth-order valence-electron chi connectivity index (χ4n) is 8.65. The Morgan fingerprint density at radius 3 is 2.20 bits per heavy atom. The lowest BCUT2D eigenvalue weighted by Gasteiger charge is -2.50. The molecule has 2 saturated heterocycles. The van der Waals surface area contributed by atoms with E-state index in [1.54, 1.807) is 62.8 Å². The molecule has 0 spiro atoms. The van der Waals surface area contributed by atoms with E-state index in [2.05, 4.69) is 15.9 Å². The summed E-state index contributed by atoms with van der Waals surface area (Å²) in [6.45, 7) is 0. The van der Waals surface area contributed by atoms with E-state index in [1.807, 2.05) is 24.3 Å². The Balaban J connectivity index is 1.16.